The van der Waals surface area contributed by atoms with Crippen LogP contribution in [0.3, 0.4) is 0 Å². The van der Waals surface area contributed by atoms with Crippen LogP contribution >= 0.6 is 11.6 Å². The largest absolute Gasteiger partial charge is 0.507 e. The number of ketones is 1. The summed E-state index contributed by atoms with van der Waals surface area (Å²) >= 11 is 5.99. The second-order valence-electron chi connectivity index (χ2n) is 8.40. The van der Waals surface area contributed by atoms with Gasteiger partial charge in [-0.3, -0.25) is 14.5 Å². The number of morpholine rings is 1. The molecule has 33 heavy (non-hydrogen) atoms. The van der Waals surface area contributed by atoms with Crippen molar-refractivity contribution in [2.24, 2.45) is 0 Å². The van der Waals surface area contributed by atoms with E-state index in [1.807, 2.05) is 24.3 Å². The van der Waals surface area contributed by atoms with E-state index in [1.165, 1.54) is 5.56 Å². The minimum absolute atomic E-state index is 0.123. The molecule has 0 bridgehead atoms. The van der Waals surface area contributed by atoms with E-state index >= 15 is 0 Å². The Balaban J connectivity index is 1.66. The Morgan fingerprint density at radius 1 is 1.03 bits per heavy atom. The zero-order valence-electron chi connectivity index (χ0n) is 18.8. The van der Waals surface area contributed by atoms with E-state index in [4.69, 9.17) is 16.3 Å². The maximum atomic E-state index is 13.1. The van der Waals surface area contributed by atoms with E-state index in [0.717, 1.165) is 51.3 Å². The summed E-state index contributed by atoms with van der Waals surface area (Å²) in [5.41, 5.74) is 2.56. The number of carbonyl (C=O) groups excluding carboxylic acids is 2. The molecule has 0 aromatic heterocycles. The van der Waals surface area contributed by atoms with E-state index in [-0.39, 0.29) is 11.3 Å². The van der Waals surface area contributed by atoms with Crippen LogP contribution in [0.15, 0.2) is 54.1 Å². The maximum absolute atomic E-state index is 13.1. The van der Waals surface area contributed by atoms with Crippen LogP contribution in [-0.4, -0.2) is 66.0 Å². The number of ether oxygens (including phenoxy) is 1. The number of aryl methyl sites for hydroxylation is 1. The maximum Gasteiger partial charge on any atom is 0.295 e. The molecule has 0 saturated carbocycles. The van der Waals surface area contributed by atoms with E-state index < -0.39 is 17.7 Å². The Kier molecular flexibility index (Phi) is 7.48. The number of amides is 1. The number of hydrogen-bond acceptors (Lipinski definition) is 5. The molecule has 0 aliphatic carbocycles. The SMILES string of the molecule is CCc1ccc([C@H]2/C(=C(\O)c3ccc(Cl)cc3)C(=O)C(=O)N2CCCN2CCOCC2)cc1. The zero-order chi connectivity index (χ0) is 23.4. The van der Waals surface area contributed by atoms with Gasteiger partial charge in [-0.15, -0.1) is 0 Å². The van der Waals surface area contributed by atoms with E-state index in [9.17, 15) is 14.7 Å². The molecule has 4 rings (SSSR count). The van der Waals surface area contributed by atoms with Gasteiger partial charge in [0.05, 0.1) is 24.8 Å². The fraction of sp³-hybridized carbons (Fsp3) is 0.385. The number of nitrogens with zero attached hydrogens (tertiary/aromatic N) is 2. The van der Waals surface area contributed by atoms with E-state index in [2.05, 4.69) is 11.8 Å². The van der Waals surface area contributed by atoms with E-state index in [1.54, 1.807) is 29.2 Å². The van der Waals surface area contributed by atoms with Crippen LogP contribution in [0.5, 0.6) is 0 Å². The van der Waals surface area contributed by atoms with Crippen LogP contribution in [0.2, 0.25) is 5.02 Å². The monoisotopic (exact) mass is 468 g/mol. The molecule has 174 valence electrons. The Labute approximate surface area is 199 Å². The summed E-state index contributed by atoms with van der Waals surface area (Å²) in [5, 5.41) is 11.6. The van der Waals surface area contributed by atoms with Crippen molar-refractivity contribution in [1.29, 1.82) is 0 Å². The molecular weight excluding hydrogens is 440 g/mol. The first-order valence-corrected chi connectivity index (χ1v) is 11.8. The highest BCUT2D eigenvalue weighted by Gasteiger charge is 2.45. The van der Waals surface area contributed by atoms with Crippen LogP contribution < -0.4 is 0 Å². The number of Topliss-reactive ketones (excluding diaryl/α,β-unsaturated/α-hetero) is 1. The quantitative estimate of drug-likeness (QED) is 0.377. The molecular formula is C26H29ClN2O4. The smallest absolute Gasteiger partial charge is 0.295 e. The van der Waals surface area contributed by atoms with Crippen molar-refractivity contribution in [1.82, 2.24) is 9.80 Å². The first kappa shape index (κ1) is 23.5. The van der Waals surface area contributed by atoms with Gasteiger partial charge in [0.15, 0.2) is 0 Å². The van der Waals surface area contributed by atoms with Gasteiger partial charge in [-0.2, -0.15) is 0 Å². The number of aliphatic hydroxyl groups excluding tert-OH is 1. The molecule has 1 atom stereocenters. The van der Waals surface area contributed by atoms with Gasteiger partial charge in [0.25, 0.3) is 11.7 Å². The van der Waals surface area contributed by atoms with Gasteiger partial charge in [-0.25, -0.2) is 0 Å². The molecule has 2 aromatic carbocycles. The lowest BCUT2D eigenvalue weighted by molar-refractivity contribution is -0.140. The minimum Gasteiger partial charge on any atom is -0.507 e. The molecule has 2 aliphatic rings. The van der Waals surface area contributed by atoms with Gasteiger partial charge >= 0.3 is 0 Å². The van der Waals surface area contributed by atoms with Gasteiger partial charge in [0.2, 0.25) is 0 Å². The molecule has 2 heterocycles. The molecule has 1 amide bonds. The average Bonchev–Trinajstić information content (AvgIpc) is 3.10. The number of halogens is 1. The topological polar surface area (TPSA) is 70.1 Å². The van der Waals surface area contributed by atoms with Gasteiger partial charge < -0.3 is 14.7 Å². The molecule has 0 radical (unpaired) electrons. The molecule has 0 spiro atoms. The molecule has 6 nitrogen and oxygen atoms in total. The van der Waals surface area contributed by atoms with Gasteiger partial charge in [0.1, 0.15) is 5.76 Å². The van der Waals surface area contributed by atoms with Crippen LogP contribution in [0, 0.1) is 0 Å². The molecule has 2 aliphatic heterocycles. The van der Waals surface area contributed by atoms with Crippen molar-refractivity contribution < 1.29 is 19.4 Å². The van der Waals surface area contributed by atoms with Crippen molar-refractivity contribution in [3.05, 3.63) is 75.8 Å². The fourth-order valence-corrected chi connectivity index (χ4v) is 4.57. The van der Waals surface area contributed by atoms with Gasteiger partial charge in [-0.1, -0.05) is 42.8 Å². The third-order valence-electron chi connectivity index (χ3n) is 6.34. The van der Waals surface area contributed by atoms with Crippen molar-refractivity contribution in [2.75, 3.05) is 39.4 Å². The summed E-state index contributed by atoms with van der Waals surface area (Å²) in [7, 11) is 0. The second kappa shape index (κ2) is 10.5. The number of aliphatic hydroxyl groups is 1. The summed E-state index contributed by atoms with van der Waals surface area (Å²) in [6, 6.07) is 13.9. The number of likely N-dealkylation sites (tertiary alicyclic amines) is 1. The Hall–Kier alpha value is -2.67. The number of benzene rings is 2. The summed E-state index contributed by atoms with van der Waals surface area (Å²) in [4.78, 5) is 30.1. The second-order valence-corrected chi connectivity index (χ2v) is 8.84. The molecule has 2 fully saturated rings. The average molecular weight is 469 g/mol. The van der Waals surface area contributed by atoms with Crippen LogP contribution in [0.4, 0.5) is 0 Å². The predicted octanol–water partition coefficient (Wildman–Crippen LogP) is 4.05. The number of rotatable bonds is 7. The summed E-state index contributed by atoms with van der Waals surface area (Å²) in [5.74, 6) is -1.40. The third-order valence-corrected chi connectivity index (χ3v) is 6.59. The van der Waals surface area contributed by atoms with Crippen molar-refractivity contribution >= 4 is 29.1 Å². The standard InChI is InChI=1S/C26H29ClN2O4/c1-2-18-4-6-19(7-5-18)23-22(24(30)20-8-10-21(27)11-9-20)25(31)26(32)29(23)13-3-12-28-14-16-33-17-15-28/h4-11,23,30H,2-3,12-17H2,1H3/b24-22+/t23-/m0/s1. The lowest BCUT2D eigenvalue weighted by atomic mass is 9.94. The highest BCUT2D eigenvalue weighted by atomic mass is 35.5. The van der Waals surface area contributed by atoms with Crippen LogP contribution in [0.25, 0.3) is 5.76 Å². The first-order valence-electron chi connectivity index (χ1n) is 11.4. The van der Waals surface area contributed by atoms with Crippen LogP contribution in [-0.2, 0) is 20.7 Å². The zero-order valence-corrected chi connectivity index (χ0v) is 19.6. The van der Waals surface area contributed by atoms with Gasteiger partial charge in [0, 0.05) is 36.8 Å². The minimum atomic E-state index is -0.654. The molecule has 2 saturated heterocycles. The first-order chi connectivity index (χ1) is 16.0. The van der Waals surface area contributed by atoms with Crippen molar-refractivity contribution in [2.45, 2.75) is 25.8 Å². The lowest BCUT2D eigenvalue weighted by Gasteiger charge is -2.29. The Morgan fingerprint density at radius 2 is 1.70 bits per heavy atom. The molecule has 7 heteroatoms. The number of hydrogen-bond donors (Lipinski definition) is 1. The van der Waals surface area contributed by atoms with Gasteiger partial charge in [-0.05, 0) is 48.2 Å². The Morgan fingerprint density at radius 3 is 2.33 bits per heavy atom. The van der Waals surface area contributed by atoms with Crippen molar-refractivity contribution in [3.8, 4) is 0 Å². The third kappa shape index (κ3) is 5.13. The molecule has 0 unspecified atom stereocenters. The molecule has 2 aromatic rings. The Bertz CT molecular complexity index is 1030. The van der Waals surface area contributed by atoms with E-state index in [0.29, 0.717) is 17.1 Å². The highest BCUT2D eigenvalue weighted by molar-refractivity contribution is 6.46. The number of carbonyl (C=O) groups is 2. The fourth-order valence-electron chi connectivity index (χ4n) is 4.45. The van der Waals surface area contributed by atoms with Crippen molar-refractivity contribution in [3.63, 3.8) is 0 Å². The summed E-state index contributed by atoms with van der Waals surface area (Å²) in [6.45, 7) is 6.51. The summed E-state index contributed by atoms with van der Waals surface area (Å²) < 4.78 is 5.40. The van der Waals surface area contributed by atoms with Crippen LogP contribution in [0.1, 0.15) is 36.1 Å². The lowest BCUT2D eigenvalue weighted by Crippen LogP contribution is -2.38. The summed E-state index contributed by atoms with van der Waals surface area (Å²) in [6.07, 6.45) is 1.63. The normalized spacial score (nSPS) is 21.0. The highest BCUT2D eigenvalue weighted by Crippen LogP contribution is 2.39. The predicted molar refractivity (Wildman–Crippen MR) is 128 cm³/mol. The molecule has 1 N–H and O–H groups in total.